The standard InChI is InChI=1S/C12H17NO3/c1-8(12(2,3)16)13-10-7-5-4-6-9(10)11(14)15/h4-8,13,16H,1-3H3,(H,14,15). The lowest BCUT2D eigenvalue weighted by molar-refractivity contribution is 0.0640. The zero-order valence-corrected chi connectivity index (χ0v) is 9.69. The second kappa shape index (κ2) is 4.53. The third kappa shape index (κ3) is 2.97. The van der Waals surface area contributed by atoms with E-state index >= 15 is 0 Å². The Labute approximate surface area is 94.9 Å². The highest BCUT2D eigenvalue weighted by molar-refractivity contribution is 5.94. The second-order valence-corrected chi connectivity index (χ2v) is 4.37. The molecule has 4 heteroatoms. The van der Waals surface area contributed by atoms with Crippen molar-refractivity contribution < 1.29 is 15.0 Å². The van der Waals surface area contributed by atoms with E-state index in [-0.39, 0.29) is 11.6 Å². The van der Waals surface area contributed by atoms with E-state index in [2.05, 4.69) is 5.32 Å². The topological polar surface area (TPSA) is 69.6 Å². The van der Waals surface area contributed by atoms with Crippen molar-refractivity contribution in [2.75, 3.05) is 5.32 Å². The molecule has 0 aliphatic rings. The van der Waals surface area contributed by atoms with E-state index in [9.17, 15) is 9.90 Å². The summed E-state index contributed by atoms with van der Waals surface area (Å²) in [6.45, 7) is 5.15. The van der Waals surface area contributed by atoms with Crippen LogP contribution in [0.4, 0.5) is 5.69 Å². The number of carbonyl (C=O) groups is 1. The number of carboxylic acids is 1. The van der Waals surface area contributed by atoms with Crippen LogP contribution in [0.25, 0.3) is 0 Å². The van der Waals surface area contributed by atoms with Gasteiger partial charge in [0.1, 0.15) is 0 Å². The summed E-state index contributed by atoms with van der Waals surface area (Å²) in [5, 5.41) is 21.7. The van der Waals surface area contributed by atoms with Gasteiger partial charge in [0, 0.05) is 5.69 Å². The van der Waals surface area contributed by atoms with Gasteiger partial charge in [-0.2, -0.15) is 0 Å². The van der Waals surface area contributed by atoms with Crippen LogP contribution in [0.15, 0.2) is 24.3 Å². The number of benzene rings is 1. The molecular formula is C12H17NO3. The average molecular weight is 223 g/mol. The van der Waals surface area contributed by atoms with Crippen molar-refractivity contribution in [1.82, 2.24) is 0 Å². The molecule has 1 unspecified atom stereocenters. The van der Waals surface area contributed by atoms with Crippen molar-refractivity contribution in [3.05, 3.63) is 29.8 Å². The van der Waals surface area contributed by atoms with Crippen LogP contribution in [0.5, 0.6) is 0 Å². The molecule has 1 rings (SSSR count). The lowest BCUT2D eigenvalue weighted by Crippen LogP contribution is -2.39. The first kappa shape index (κ1) is 12.5. The van der Waals surface area contributed by atoms with Crippen LogP contribution < -0.4 is 5.32 Å². The molecule has 16 heavy (non-hydrogen) atoms. The maximum Gasteiger partial charge on any atom is 0.337 e. The summed E-state index contributed by atoms with van der Waals surface area (Å²) in [6, 6.07) is 6.40. The molecule has 0 saturated heterocycles. The minimum Gasteiger partial charge on any atom is -0.478 e. The molecule has 0 bridgehead atoms. The third-order valence-corrected chi connectivity index (χ3v) is 2.59. The van der Waals surface area contributed by atoms with Crippen LogP contribution in [0.2, 0.25) is 0 Å². The molecule has 0 spiro atoms. The normalized spacial score (nSPS) is 13.2. The summed E-state index contributed by atoms with van der Waals surface area (Å²) in [6.07, 6.45) is 0. The van der Waals surface area contributed by atoms with Crippen LogP contribution in [0, 0.1) is 0 Å². The molecular weight excluding hydrogens is 206 g/mol. The summed E-state index contributed by atoms with van der Waals surface area (Å²) in [7, 11) is 0. The number of hydrogen-bond donors (Lipinski definition) is 3. The molecule has 0 fully saturated rings. The number of aliphatic hydroxyl groups is 1. The minimum atomic E-state index is -0.981. The fourth-order valence-corrected chi connectivity index (χ4v) is 1.21. The molecule has 0 heterocycles. The van der Waals surface area contributed by atoms with Gasteiger partial charge in [0.25, 0.3) is 0 Å². The Morgan fingerprint density at radius 3 is 2.44 bits per heavy atom. The molecule has 1 aromatic rings. The maximum atomic E-state index is 11.0. The van der Waals surface area contributed by atoms with Crippen LogP contribution >= 0.6 is 0 Å². The van der Waals surface area contributed by atoms with Gasteiger partial charge in [-0.1, -0.05) is 12.1 Å². The molecule has 1 aromatic carbocycles. The molecule has 0 radical (unpaired) electrons. The molecule has 0 aliphatic carbocycles. The molecule has 88 valence electrons. The van der Waals surface area contributed by atoms with Crippen molar-refractivity contribution in [2.45, 2.75) is 32.4 Å². The summed E-state index contributed by atoms with van der Waals surface area (Å²) in [5.41, 5.74) is -0.186. The number of aromatic carboxylic acids is 1. The van der Waals surface area contributed by atoms with Gasteiger partial charge < -0.3 is 15.5 Å². The lowest BCUT2D eigenvalue weighted by Gasteiger charge is -2.28. The van der Waals surface area contributed by atoms with Gasteiger partial charge in [0.05, 0.1) is 17.2 Å². The monoisotopic (exact) mass is 223 g/mol. The Morgan fingerprint density at radius 2 is 1.94 bits per heavy atom. The zero-order valence-electron chi connectivity index (χ0n) is 9.69. The van der Waals surface area contributed by atoms with Gasteiger partial charge in [-0.25, -0.2) is 4.79 Å². The Kier molecular flexibility index (Phi) is 3.55. The maximum absolute atomic E-state index is 11.0. The lowest BCUT2D eigenvalue weighted by atomic mass is 10.00. The van der Waals surface area contributed by atoms with E-state index in [1.54, 1.807) is 39.0 Å². The van der Waals surface area contributed by atoms with Gasteiger partial charge in [-0.3, -0.25) is 0 Å². The first-order valence-corrected chi connectivity index (χ1v) is 5.13. The molecule has 4 nitrogen and oxygen atoms in total. The molecule has 0 aromatic heterocycles. The second-order valence-electron chi connectivity index (χ2n) is 4.37. The molecule has 0 aliphatic heterocycles. The summed E-state index contributed by atoms with van der Waals surface area (Å²) >= 11 is 0. The number of para-hydroxylation sites is 1. The van der Waals surface area contributed by atoms with Crippen LogP contribution in [0.1, 0.15) is 31.1 Å². The fraction of sp³-hybridized carbons (Fsp3) is 0.417. The van der Waals surface area contributed by atoms with Crippen molar-refractivity contribution in [3.8, 4) is 0 Å². The SMILES string of the molecule is CC(Nc1ccccc1C(=O)O)C(C)(C)O. The summed E-state index contributed by atoms with van der Waals surface area (Å²) < 4.78 is 0. The quantitative estimate of drug-likeness (QED) is 0.729. The largest absolute Gasteiger partial charge is 0.478 e. The summed E-state index contributed by atoms with van der Waals surface area (Å²) in [4.78, 5) is 11.0. The van der Waals surface area contributed by atoms with E-state index < -0.39 is 11.6 Å². The van der Waals surface area contributed by atoms with Crippen molar-refractivity contribution in [3.63, 3.8) is 0 Å². The molecule has 1 atom stereocenters. The number of hydrogen-bond acceptors (Lipinski definition) is 3. The fourth-order valence-electron chi connectivity index (χ4n) is 1.21. The Bertz CT molecular complexity index is 382. The van der Waals surface area contributed by atoms with Gasteiger partial charge >= 0.3 is 5.97 Å². The Balaban J connectivity index is 2.93. The van der Waals surface area contributed by atoms with Crippen molar-refractivity contribution in [2.24, 2.45) is 0 Å². The number of anilines is 1. The molecule has 0 amide bonds. The first-order chi connectivity index (χ1) is 7.32. The third-order valence-electron chi connectivity index (χ3n) is 2.59. The highest BCUT2D eigenvalue weighted by Crippen LogP contribution is 2.19. The average Bonchev–Trinajstić information content (AvgIpc) is 2.16. The van der Waals surface area contributed by atoms with E-state index in [1.165, 1.54) is 6.07 Å². The van der Waals surface area contributed by atoms with Gasteiger partial charge in [0.15, 0.2) is 0 Å². The summed E-state index contributed by atoms with van der Waals surface area (Å²) in [5.74, 6) is -0.981. The predicted octanol–water partition coefficient (Wildman–Crippen LogP) is 1.96. The van der Waals surface area contributed by atoms with Crippen LogP contribution in [0.3, 0.4) is 0 Å². The van der Waals surface area contributed by atoms with Crippen molar-refractivity contribution >= 4 is 11.7 Å². The number of carboxylic acid groups (broad SMARTS) is 1. The number of nitrogens with one attached hydrogen (secondary N) is 1. The predicted molar refractivity (Wildman–Crippen MR) is 62.8 cm³/mol. The van der Waals surface area contributed by atoms with Gasteiger partial charge in [-0.15, -0.1) is 0 Å². The highest BCUT2D eigenvalue weighted by Gasteiger charge is 2.23. The zero-order chi connectivity index (χ0) is 12.3. The van der Waals surface area contributed by atoms with Gasteiger partial charge in [-0.05, 0) is 32.9 Å². The molecule has 3 N–H and O–H groups in total. The van der Waals surface area contributed by atoms with E-state index in [0.29, 0.717) is 5.69 Å². The van der Waals surface area contributed by atoms with Crippen LogP contribution in [-0.2, 0) is 0 Å². The van der Waals surface area contributed by atoms with Crippen molar-refractivity contribution in [1.29, 1.82) is 0 Å². The minimum absolute atomic E-state index is 0.207. The first-order valence-electron chi connectivity index (χ1n) is 5.13. The smallest absolute Gasteiger partial charge is 0.337 e. The highest BCUT2D eigenvalue weighted by atomic mass is 16.4. The Hall–Kier alpha value is -1.55. The number of rotatable bonds is 4. The van der Waals surface area contributed by atoms with Crippen LogP contribution in [-0.4, -0.2) is 27.8 Å². The Morgan fingerprint density at radius 1 is 1.38 bits per heavy atom. The van der Waals surface area contributed by atoms with E-state index in [0.717, 1.165) is 0 Å². The van der Waals surface area contributed by atoms with E-state index in [4.69, 9.17) is 5.11 Å². The van der Waals surface area contributed by atoms with E-state index in [1.807, 2.05) is 0 Å². The van der Waals surface area contributed by atoms with Gasteiger partial charge in [0.2, 0.25) is 0 Å². The molecule has 0 saturated carbocycles.